The lowest BCUT2D eigenvalue weighted by molar-refractivity contribution is 0.0796. The molecule has 8 heteroatoms. The number of ether oxygens (including phenoxy) is 1. The molecule has 136 valence electrons. The monoisotopic (exact) mass is 363 g/mol. The van der Waals surface area contributed by atoms with Gasteiger partial charge in [-0.05, 0) is 30.3 Å². The topological polar surface area (TPSA) is 89.3 Å². The van der Waals surface area contributed by atoms with E-state index in [1.54, 1.807) is 30.1 Å². The molecule has 27 heavy (non-hydrogen) atoms. The minimum Gasteiger partial charge on any atom is -0.491 e. The van der Waals surface area contributed by atoms with E-state index >= 15 is 0 Å². The number of anilines is 1. The number of hydrogen-bond acceptors (Lipinski definition) is 5. The molecule has 0 saturated heterocycles. The molecule has 1 aromatic heterocycles. The van der Waals surface area contributed by atoms with Gasteiger partial charge < -0.3 is 15.0 Å². The number of benzene rings is 2. The highest BCUT2D eigenvalue weighted by atomic mass is 16.5. The molecule has 0 atom stereocenters. The normalized spacial score (nSPS) is 13.5. The first kappa shape index (κ1) is 16.8. The number of para-hydroxylation sites is 1. The van der Waals surface area contributed by atoms with Gasteiger partial charge in [0.05, 0.1) is 24.0 Å². The van der Waals surface area contributed by atoms with Gasteiger partial charge in [0, 0.05) is 12.7 Å². The quantitative estimate of drug-likeness (QED) is 0.769. The minimum atomic E-state index is -0.410. The van der Waals surface area contributed by atoms with E-state index in [4.69, 9.17) is 4.74 Å². The standard InChI is InChI=1S/C19H17N5O3/c1-23-9-10-27-17-8-7-13(11-15(17)19(23)26)21-18(25)16-12-20-24(22-16)14-5-3-2-4-6-14/h2-8,11-12H,9-10H2,1H3,(H,21,25). The van der Waals surface area contributed by atoms with Crippen molar-refractivity contribution >= 4 is 17.5 Å². The van der Waals surface area contributed by atoms with Gasteiger partial charge in [-0.3, -0.25) is 9.59 Å². The molecule has 1 aliphatic rings. The number of aromatic nitrogens is 3. The Kier molecular flexibility index (Phi) is 4.29. The van der Waals surface area contributed by atoms with E-state index in [0.29, 0.717) is 30.2 Å². The number of carbonyl (C=O) groups excluding carboxylic acids is 2. The fourth-order valence-corrected chi connectivity index (χ4v) is 2.75. The van der Waals surface area contributed by atoms with Crippen LogP contribution in [0.3, 0.4) is 0 Å². The van der Waals surface area contributed by atoms with Gasteiger partial charge in [0.1, 0.15) is 12.4 Å². The van der Waals surface area contributed by atoms with E-state index in [1.165, 1.54) is 11.0 Å². The van der Waals surface area contributed by atoms with Gasteiger partial charge >= 0.3 is 0 Å². The van der Waals surface area contributed by atoms with Crippen LogP contribution < -0.4 is 10.1 Å². The van der Waals surface area contributed by atoms with E-state index in [1.807, 2.05) is 30.3 Å². The number of fused-ring (bicyclic) bond motifs is 1. The summed E-state index contributed by atoms with van der Waals surface area (Å²) in [6, 6.07) is 14.3. The number of nitrogens with one attached hydrogen (secondary N) is 1. The summed E-state index contributed by atoms with van der Waals surface area (Å²) in [5.41, 5.74) is 1.84. The maximum absolute atomic E-state index is 12.5. The van der Waals surface area contributed by atoms with Crippen molar-refractivity contribution in [2.75, 3.05) is 25.5 Å². The summed E-state index contributed by atoms with van der Waals surface area (Å²) in [7, 11) is 1.72. The summed E-state index contributed by atoms with van der Waals surface area (Å²) in [5.74, 6) is -0.0431. The molecule has 1 N–H and O–H groups in total. The fraction of sp³-hybridized carbons (Fsp3) is 0.158. The van der Waals surface area contributed by atoms with Crippen LogP contribution in [0, 0.1) is 0 Å². The van der Waals surface area contributed by atoms with Crippen molar-refractivity contribution in [2.24, 2.45) is 0 Å². The Morgan fingerprint density at radius 2 is 2.00 bits per heavy atom. The summed E-state index contributed by atoms with van der Waals surface area (Å²) >= 11 is 0. The van der Waals surface area contributed by atoms with Gasteiger partial charge in [-0.1, -0.05) is 18.2 Å². The zero-order valence-electron chi connectivity index (χ0n) is 14.6. The lowest BCUT2D eigenvalue weighted by Gasteiger charge is -2.13. The Labute approximate surface area is 155 Å². The number of likely N-dealkylation sites (N-methyl/N-ethyl adjacent to an activating group) is 1. The van der Waals surface area contributed by atoms with Crippen molar-refractivity contribution < 1.29 is 14.3 Å². The van der Waals surface area contributed by atoms with Crippen molar-refractivity contribution in [3.8, 4) is 11.4 Å². The highest BCUT2D eigenvalue weighted by Crippen LogP contribution is 2.26. The first-order valence-corrected chi connectivity index (χ1v) is 8.43. The minimum absolute atomic E-state index is 0.145. The zero-order chi connectivity index (χ0) is 18.8. The molecule has 0 spiro atoms. The van der Waals surface area contributed by atoms with Crippen LogP contribution in [-0.4, -0.2) is 51.9 Å². The van der Waals surface area contributed by atoms with E-state index in [-0.39, 0.29) is 11.6 Å². The van der Waals surface area contributed by atoms with Gasteiger partial charge in [-0.25, -0.2) is 0 Å². The second kappa shape index (κ2) is 6.91. The second-order valence-corrected chi connectivity index (χ2v) is 6.10. The summed E-state index contributed by atoms with van der Waals surface area (Å²) in [4.78, 5) is 27.9. The smallest absolute Gasteiger partial charge is 0.277 e. The van der Waals surface area contributed by atoms with Crippen molar-refractivity contribution in [3.05, 3.63) is 66.0 Å². The van der Waals surface area contributed by atoms with Crippen LogP contribution >= 0.6 is 0 Å². The van der Waals surface area contributed by atoms with Crippen LogP contribution in [0.1, 0.15) is 20.8 Å². The predicted molar refractivity (Wildman–Crippen MR) is 98.2 cm³/mol. The van der Waals surface area contributed by atoms with Crippen LogP contribution in [-0.2, 0) is 0 Å². The van der Waals surface area contributed by atoms with Gasteiger partial charge in [-0.2, -0.15) is 9.90 Å². The molecule has 2 aromatic carbocycles. The third kappa shape index (κ3) is 3.37. The Morgan fingerprint density at radius 1 is 1.19 bits per heavy atom. The average molecular weight is 363 g/mol. The molecule has 0 saturated carbocycles. The molecule has 0 radical (unpaired) electrons. The summed E-state index contributed by atoms with van der Waals surface area (Å²) in [6.45, 7) is 0.946. The molecule has 0 bridgehead atoms. The van der Waals surface area contributed by atoms with Crippen molar-refractivity contribution in [3.63, 3.8) is 0 Å². The third-order valence-electron chi connectivity index (χ3n) is 4.21. The summed E-state index contributed by atoms with van der Waals surface area (Å²) in [5, 5.41) is 11.1. The number of rotatable bonds is 3. The lowest BCUT2D eigenvalue weighted by atomic mass is 10.1. The van der Waals surface area contributed by atoms with E-state index in [0.717, 1.165) is 5.69 Å². The number of hydrogen-bond donors (Lipinski definition) is 1. The number of amides is 2. The lowest BCUT2D eigenvalue weighted by Crippen LogP contribution is -2.27. The number of carbonyl (C=O) groups is 2. The fourth-order valence-electron chi connectivity index (χ4n) is 2.75. The Morgan fingerprint density at radius 3 is 2.81 bits per heavy atom. The predicted octanol–water partition coefficient (Wildman–Crippen LogP) is 1.98. The maximum atomic E-state index is 12.5. The SMILES string of the molecule is CN1CCOc2ccc(NC(=O)c3cnn(-c4ccccc4)n3)cc2C1=O. The van der Waals surface area contributed by atoms with Crippen LogP contribution in [0.4, 0.5) is 5.69 Å². The van der Waals surface area contributed by atoms with Crippen molar-refractivity contribution in [2.45, 2.75) is 0 Å². The largest absolute Gasteiger partial charge is 0.491 e. The molecule has 0 fully saturated rings. The van der Waals surface area contributed by atoms with Crippen LogP contribution in [0.2, 0.25) is 0 Å². The van der Waals surface area contributed by atoms with Gasteiger partial charge in [0.2, 0.25) is 0 Å². The van der Waals surface area contributed by atoms with E-state index < -0.39 is 5.91 Å². The van der Waals surface area contributed by atoms with E-state index in [9.17, 15) is 9.59 Å². The molecule has 0 aliphatic carbocycles. The first-order chi connectivity index (χ1) is 13.1. The second-order valence-electron chi connectivity index (χ2n) is 6.10. The molecule has 2 amide bonds. The molecule has 4 rings (SSSR count). The molecular weight excluding hydrogens is 346 g/mol. The van der Waals surface area contributed by atoms with Crippen LogP contribution in [0.5, 0.6) is 5.75 Å². The summed E-state index contributed by atoms with van der Waals surface area (Å²) < 4.78 is 5.59. The Balaban J connectivity index is 1.55. The van der Waals surface area contributed by atoms with Crippen molar-refractivity contribution in [1.82, 2.24) is 19.9 Å². The Hall–Kier alpha value is -3.68. The van der Waals surface area contributed by atoms with Gasteiger partial charge in [0.15, 0.2) is 5.69 Å². The maximum Gasteiger partial charge on any atom is 0.277 e. The summed E-state index contributed by atoms with van der Waals surface area (Å²) in [6.07, 6.45) is 1.40. The highest BCUT2D eigenvalue weighted by molar-refractivity contribution is 6.04. The third-order valence-corrected chi connectivity index (χ3v) is 4.21. The molecule has 3 aromatic rings. The van der Waals surface area contributed by atoms with Crippen LogP contribution in [0.15, 0.2) is 54.7 Å². The number of nitrogens with zero attached hydrogens (tertiary/aromatic N) is 4. The Bertz CT molecular complexity index is 1000. The molecule has 1 aliphatic heterocycles. The molecular formula is C19H17N5O3. The first-order valence-electron chi connectivity index (χ1n) is 8.43. The molecule has 8 nitrogen and oxygen atoms in total. The molecule has 2 heterocycles. The average Bonchev–Trinajstić information content (AvgIpc) is 3.14. The van der Waals surface area contributed by atoms with Gasteiger partial charge in [0.25, 0.3) is 11.8 Å². The zero-order valence-corrected chi connectivity index (χ0v) is 14.6. The van der Waals surface area contributed by atoms with E-state index in [2.05, 4.69) is 15.5 Å². The van der Waals surface area contributed by atoms with Crippen molar-refractivity contribution in [1.29, 1.82) is 0 Å². The van der Waals surface area contributed by atoms with Crippen LogP contribution in [0.25, 0.3) is 5.69 Å². The molecule has 0 unspecified atom stereocenters. The highest BCUT2D eigenvalue weighted by Gasteiger charge is 2.22. The van der Waals surface area contributed by atoms with Gasteiger partial charge in [-0.15, -0.1) is 5.10 Å².